The van der Waals surface area contributed by atoms with Crippen LogP contribution < -0.4 is 5.32 Å². The molecule has 0 aliphatic carbocycles. The average Bonchev–Trinajstić information content (AvgIpc) is 2.94. The van der Waals surface area contributed by atoms with Gasteiger partial charge in [-0.15, -0.1) is 11.3 Å². The molecule has 2 N–H and O–H groups in total. The molecule has 0 bridgehead atoms. The number of aromatic nitrogens is 1. The summed E-state index contributed by atoms with van der Waals surface area (Å²) in [4.78, 5) is 7.87. The van der Waals surface area contributed by atoms with Crippen LogP contribution in [-0.2, 0) is 18.5 Å². The third-order valence-electron chi connectivity index (χ3n) is 3.68. The Balaban J connectivity index is 1.90. The summed E-state index contributed by atoms with van der Waals surface area (Å²) in [6, 6.07) is 10.2. The number of benzene rings is 1. The zero-order valence-electron chi connectivity index (χ0n) is 13.5. The molecule has 2 aromatic rings. The summed E-state index contributed by atoms with van der Waals surface area (Å²) in [5, 5.41) is 14.3. The second kappa shape index (κ2) is 7.83. The fourth-order valence-electron chi connectivity index (χ4n) is 2.35. The number of nitrogens with zero attached hydrogens (tertiary/aromatic N) is 2. The summed E-state index contributed by atoms with van der Waals surface area (Å²) >= 11 is 1.74. The Morgan fingerprint density at radius 1 is 1.27 bits per heavy atom. The molecule has 0 fully saturated rings. The van der Waals surface area contributed by atoms with Crippen molar-refractivity contribution in [3.8, 4) is 0 Å². The highest BCUT2D eigenvalue weighted by Gasteiger charge is 2.25. The van der Waals surface area contributed by atoms with Gasteiger partial charge in [0.25, 0.3) is 0 Å². The molecule has 1 atom stereocenters. The van der Waals surface area contributed by atoms with Crippen LogP contribution in [0.15, 0.2) is 36.5 Å². The van der Waals surface area contributed by atoms with Gasteiger partial charge in [0.05, 0.1) is 6.61 Å². The first kappa shape index (κ1) is 17.1. The van der Waals surface area contributed by atoms with Crippen LogP contribution in [0.2, 0.25) is 0 Å². The van der Waals surface area contributed by atoms with Gasteiger partial charge >= 0.3 is 0 Å². The summed E-state index contributed by atoms with van der Waals surface area (Å²) in [7, 11) is 4.12. The standard InChI is InChI=1S/C17H25N3OS/c1-17(13-21,14-7-5-4-6-8-14)12-18-10-16-19-9-15(22-16)11-20(2)3/h4-9,18,21H,10-13H2,1-3H3. The van der Waals surface area contributed by atoms with E-state index in [1.807, 2.05) is 24.4 Å². The van der Waals surface area contributed by atoms with Crippen molar-refractivity contribution in [2.24, 2.45) is 0 Å². The van der Waals surface area contributed by atoms with E-state index in [4.69, 9.17) is 0 Å². The molecule has 0 aliphatic heterocycles. The van der Waals surface area contributed by atoms with E-state index in [-0.39, 0.29) is 12.0 Å². The molecule has 0 aliphatic rings. The molecule has 1 aromatic heterocycles. The molecule has 4 nitrogen and oxygen atoms in total. The average molecular weight is 319 g/mol. The van der Waals surface area contributed by atoms with Crippen LogP contribution in [0.5, 0.6) is 0 Å². The van der Waals surface area contributed by atoms with Crippen LogP contribution in [0.25, 0.3) is 0 Å². The fourth-order valence-corrected chi connectivity index (χ4v) is 3.36. The minimum Gasteiger partial charge on any atom is -0.395 e. The zero-order valence-corrected chi connectivity index (χ0v) is 14.4. The molecule has 0 saturated heterocycles. The van der Waals surface area contributed by atoms with Crippen LogP contribution in [0, 0.1) is 0 Å². The van der Waals surface area contributed by atoms with Gasteiger partial charge in [0.1, 0.15) is 5.01 Å². The molecular formula is C17H25N3OS. The highest BCUT2D eigenvalue weighted by molar-refractivity contribution is 7.11. The Morgan fingerprint density at radius 2 is 2.00 bits per heavy atom. The van der Waals surface area contributed by atoms with Gasteiger partial charge in [-0.25, -0.2) is 4.98 Å². The maximum atomic E-state index is 9.78. The van der Waals surface area contributed by atoms with E-state index in [0.29, 0.717) is 0 Å². The van der Waals surface area contributed by atoms with Gasteiger partial charge in [0.2, 0.25) is 0 Å². The molecule has 1 unspecified atom stereocenters. The summed E-state index contributed by atoms with van der Waals surface area (Å²) in [5.74, 6) is 0. The van der Waals surface area contributed by atoms with Gasteiger partial charge in [-0.3, -0.25) is 0 Å². The van der Waals surface area contributed by atoms with Crippen molar-refractivity contribution in [2.75, 3.05) is 27.2 Å². The third-order valence-corrected chi connectivity index (χ3v) is 4.67. The van der Waals surface area contributed by atoms with Gasteiger partial charge in [-0.05, 0) is 19.7 Å². The van der Waals surface area contributed by atoms with E-state index in [1.165, 1.54) is 4.88 Å². The van der Waals surface area contributed by atoms with Crippen molar-refractivity contribution < 1.29 is 5.11 Å². The highest BCUT2D eigenvalue weighted by atomic mass is 32.1. The number of hydrogen-bond acceptors (Lipinski definition) is 5. The normalized spacial score (nSPS) is 14.2. The molecule has 0 spiro atoms. The predicted molar refractivity (Wildman–Crippen MR) is 92.1 cm³/mol. The van der Waals surface area contributed by atoms with Crippen LogP contribution >= 0.6 is 11.3 Å². The summed E-state index contributed by atoms with van der Waals surface area (Å²) < 4.78 is 0. The lowest BCUT2D eigenvalue weighted by Gasteiger charge is -2.28. The Hall–Kier alpha value is -1.27. The summed E-state index contributed by atoms with van der Waals surface area (Å²) in [6.45, 7) is 4.58. The molecule has 5 heteroatoms. The lowest BCUT2D eigenvalue weighted by atomic mass is 9.83. The second-order valence-corrected chi connectivity index (χ2v) is 7.35. The molecule has 1 aromatic carbocycles. The lowest BCUT2D eigenvalue weighted by Crippen LogP contribution is -2.38. The van der Waals surface area contributed by atoms with Gasteiger partial charge in [0, 0.05) is 36.1 Å². The third kappa shape index (κ3) is 4.61. The number of hydrogen-bond donors (Lipinski definition) is 2. The van der Waals surface area contributed by atoms with Gasteiger partial charge in [-0.2, -0.15) is 0 Å². The fraction of sp³-hybridized carbons (Fsp3) is 0.471. The predicted octanol–water partition coefficient (Wildman–Crippen LogP) is 2.24. The lowest BCUT2D eigenvalue weighted by molar-refractivity contribution is 0.201. The summed E-state index contributed by atoms with van der Waals surface area (Å²) in [5.41, 5.74) is 0.878. The Bertz CT molecular complexity index is 570. The molecular weight excluding hydrogens is 294 g/mol. The molecule has 120 valence electrons. The first-order valence-corrected chi connectivity index (χ1v) is 8.30. The molecule has 0 radical (unpaired) electrons. The van der Waals surface area contributed by atoms with E-state index in [9.17, 15) is 5.11 Å². The van der Waals surface area contributed by atoms with E-state index in [0.717, 1.165) is 30.2 Å². The SMILES string of the molecule is CN(C)Cc1cnc(CNCC(C)(CO)c2ccccc2)s1. The molecule has 1 heterocycles. The van der Waals surface area contributed by atoms with E-state index in [1.54, 1.807) is 11.3 Å². The Kier molecular flexibility index (Phi) is 6.08. The number of nitrogens with one attached hydrogen (secondary N) is 1. The van der Waals surface area contributed by atoms with Crippen LogP contribution in [0.1, 0.15) is 22.4 Å². The van der Waals surface area contributed by atoms with Crippen molar-refractivity contribution in [2.45, 2.75) is 25.4 Å². The number of thiazole rings is 1. The largest absolute Gasteiger partial charge is 0.395 e. The first-order valence-electron chi connectivity index (χ1n) is 7.49. The smallest absolute Gasteiger partial charge is 0.107 e. The first-order chi connectivity index (χ1) is 10.5. The topological polar surface area (TPSA) is 48.4 Å². The second-order valence-electron chi connectivity index (χ2n) is 6.15. The van der Waals surface area contributed by atoms with Crippen molar-refractivity contribution >= 4 is 11.3 Å². The van der Waals surface area contributed by atoms with Gasteiger partial charge in [-0.1, -0.05) is 37.3 Å². The molecule has 22 heavy (non-hydrogen) atoms. The molecule has 2 rings (SSSR count). The quantitative estimate of drug-likeness (QED) is 0.783. The zero-order chi connectivity index (χ0) is 16.0. The minimum absolute atomic E-state index is 0.119. The Labute approximate surface area is 136 Å². The van der Waals surface area contributed by atoms with Crippen molar-refractivity contribution in [3.63, 3.8) is 0 Å². The van der Waals surface area contributed by atoms with E-state index < -0.39 is 0 Å². The van der Waals surface area contributed by atoms with Crippen LogP contribution in [0.4, 0.5) is 0 Å². The van der Waals surface area contributed by atoms with Crippen LogP contribution in [-0.4, -0.2) is 42.2 Å². The molecule has 0 amide bonds. The summed E-state index contributed by atoms with van der Waals surface area (Å²) in [6.07, 6.45) is 1.95. The van der Waals surface area contributed by atoms with E-state index in [2.05, 4.69) is 48.4 Å². The van der Waals surface area contributed by atoms with Crippen LogP contribution in [0.3, 0.4) is 0 Å². The monoisotopic (exact) mass is 319 g/mol. The van der Waals surface area contributed by atoms with Crippen molar-refractivity contribution in [1.29, 1.82) is 0 Å². The van der Waals surface area contributed by atoms with E-state index >= 15 is 0 Å². The highest BCUT2D eigenvalue weighted by Crippen LogP contribution is 2.22. The Morgan fingerprint density at radius 3 is 2.64 bits per heavy atom. The number of aliphatic hydroxyl groups is 1. The minimum atomic E-state index is -0.273. The van der Waals surface area contributed by atoms with Crippen molar-refractivity contribution in [3.05, 3.63) is 52.0 Å². The maximum Gasteiger partial charge on any atom is 0.107 e. The number of rotatable bonds is 8. The molecule has 0 saturated carbocycles. The van der Waals surface area contributed by atoms with Gasteiger partial charge in [0.15, 0.2) is 0 Å². The number of aliphatic hydroxyl groups excluding tert-OH is 1. The maximum absolute atomic E-state index is 9.78. The van der Waals surface area contributed by atoms with Crippen molar-refractivity contribution in [1.82, 2.24) is 15.2 Å². The van der Waals surface area contributed by atoms with Gasteiger partial charge < -0.3 is 15.3 Å².